The monoisotopic (exact) mass is 374 g/mol. The first-order valence-electron chi connectivity index (χ1n) is 8.64. The first-order valence-corrected chi connectivity index (χ1v) is 10.2. The fourth-order valence-corrected chi connectivity index (χ4v) is 4.59. The Morgan fingerprint density at radius 1 is 1.16 bits per heavy atom. The SMILES string of the molecule is O=S(=O)(c1ccccc1N1CCC[C@H](CN2CCOCC2)C1)C(F)F. The first-order chi connectivity index (χ1) is 12.0. The molecule has 2 fully saturated rings. The van der Waals surface area contributed by atoms with Gasteiger partial charge in [-0.1, -0.05) is 12.1 Å². The second kappa shape index (κ2) is 7.97. The third-order valence-electron chi connectivity index (χ3n) is 4.89. The fourth-order valence-electron chi connectivity index (χ4n) is 3.64. The lowest BCUT2D eigenvalue weighted by atomic mass is 9.96. The Balaban J connectivity index is 1.75. The average molecular weight is 374 g/mol. The summed E-state index contributed by atoms with van der Waals surface area (Å²) in [6, 6.07) is 6.11. The lowest BCUT2D eigenvalue weighted by molar-refractivity contribution is 0.0296. The summed E-state index contributed by atoms with van der Waals surface area (Å²) in [6.07, 6.45) is 2.00. The van der Waals surface area contributed by atoms with Crippen LogP contribution in [0.1, 0.15) is 12.8 Å². The number of sulfone groups is 1. The van der Waals surface area contributed by atoms with E-state index in [0.29, 0.717) is 24.7 Å². The smallest absolute Gasteiger partial charge is 0.341 e. The molecule has 0 aromatic heterocycles. The van der Waals surface area contributed by atoms with Gasteiger partial charge >= 0.3 is 5.76 Å². The van der Waals surface area contributed by atoms with E-state index in [1.165, 1.54) is 12.1 Å². The molecule has 2 aliphatic rings. The highest BCUT2D eigenvalue weighted by molar-refractivity contribution is 7.91. The summed E-state index contributed by atoms with van der Waals surface area (Å²) in [4.78, 5) is 4.04. The van der Waals surface area contributed by atoms with Crippen LogP contribution in [0, 0.1) is 5.92 Å². The maximum Gasteiger partial charge on any atom is 0.341 e. The van der Waals surface area contributed by atoms with E-state index in [1.807, 2.05) is 4.90 Å². The molecule has 0 saturated carbocycles. The van der Waals surface area contributed by atoms with E-state index in [0.717, 1.165) is 45.7 Å². The number of halogens is 2. The third-order valence-corrected chi connectivity index (χ3v) is 6.31. The molecule has 0 aliphatic carbocycles. The molecule has 140 valence electrons. The van der Waals surface area contributed by atoms with Crippen molar-refractivity contribution in [3.05, 3.63) is 24.3 Å². The van der Waals surface area contributed by atoms with Crippen LogP contribution in [-0.4, -0.2) is 65.0 Å². The molecule has 3 rings (SSSR count). The fraction of sp³-hybridized carbons (Fsp3) is 0.647. The summed E-state index contributed by atoms with van der Waals surface area (Å²) in [5.74, 6) is -3.00. The standard InChI is InChI=1S/C17H24F2N2O3S/c18-17(19)25(22,23)16-6-2-1-5-15(16)21-7-3-4-14(13-21)12-20-8-10-24-11-9-20/h1-2,5-6,14,17H,3-4,7-13H2/t14-/m1/s1. The van der Waals surface area contributed by atoms with Crippen LogP contribution in [-0.2, 0) is 14.6 Å². The van der Waals surface area contributed by atoms with Gasteiger partial charge in [-0.25, -0.2) is 8.42 Å². The normalized spacial score (nSPS) is 23.2. The van der Waals surface area contributed by atoms with Gasteiger partial charge in [-0.05, 0) is 30.9 Å². The quantitative estimate of drug-likeness (QED) is 0.791. The van der Waals surface area contributed by atoms with Gasteiger partial charge in [0.2, 0.25) is 9.84 Å². The van der Waals surface area contributed by atoms with Crippen LogP contribution in [0.25, 0.3) is 0 Å². The Hall–Kier alpha value is -1.25. The van der Waals surface area contributed by atoms with Gasteiger partial charge in [0.1, 0.15) is 0 Å². The highest BCUT2D eigenvalue weighted by Crippen LogP contribution is 2.32. The van der Waals surface area contributed by atoms with Crippen molar-refractivity contribution >= 4 is 15.5 Å². The summed E-state index contributed by atoms with van der Waals surface area (Å²) in [5.41, 5.74) is 0.398. The number of piperidine rings is 1. The third kappa shape index (κ3) is 4.30. The predicted molar refractivity (Wildman–Crippen MR) is 91.8 cm³/mol. The van der Waals surface area contributed by atoms with Crippen molar-refractivity contribution < 1.29 is 21.9 Å². The Bertz CT molecular complexity index is 678. The molecule has 1 aromatic carbocycles. The van der Waals surface area contributed by atoms with Crippen LogP contribution in [0.15, 0.2) is 29.2 Å². The van der Waals surface area contributed by atoms with Crippen LogP contribution in [0.5, 0.6) is 0 Å². The molecule has 2 saturated heterocycles. The molecule has 5 nitrogen and oxygen atoms in total. The zero-order valence-corrected chi connectivity index (χ0v) is 14.9. The summed E-state index contributed by atoms with van der Waals surface area (Å²) in [5, 5.41) is 0. The Labute approximate surface area is 147 Å². The van der Waals surface area contributed by atoms with Crippen molar-refractivity contribution in [2.45, 2.75) is 23.5 Å². The number of alkyl halides is 2. The molecule has 8 heteroatoms. The number of hydrogen-bond donors (Lipinski definition) is 0. The Morgan fingerprint density at radius 2 is 1.88 bits per heavy atom. The molecule has 0 N–H and O–H groups in total. The van der Waals surface area contributed by atoms with Crippen molar-refractivity contribution in [2.75, 3.05) is 50.8 Å². The van der Waals surface area contributed by atoms with Crippen LogP contribution in [0.4, 0.5) is 14.5 Å². The van der Waals surface area contributed by atoms with Crippen LogP contribution >= 0.6 is 0 Å². The maximum atomic E-state index is 13.0. The lowest BCUT2D eigenvalue weighted by Gasteiger charge is -2.38. The van der Waals surface area contributed by atoms with E-state index in [2.05, 4.69) is 4.90 Å². The second-order valence-corrected chi connectivity index (χ2v) is 8.53. The van der Waals surface area contributed by atoms with Gasteiger partial charge in [0.15, 0.2) is 0 Å². The van der Waals surface area contributed by atoms with E-state index < -0.39 is 15.6 Å². The molecule has 2 heterocycles. The van der Waals surface area contributed by atoms with E-state index in [-0.39, 0.29) is 4.90 Å². The highest BCUT2D eigenvalue weighted by atomic mass is 32.2. The lowest BCUT2D eigenvalue weighted by Crippen LogP contribution is -2.44. The van der Waals surface area contributed by atoms with E-state index >= 15 is 0 Å². The molecule has 0 bridgehead atoms. The maximum absolute atomic E-state index is 13.0. The van der Waals surface area contributed by atoms with Crippen molar-refractivity contribution in [3.63, 3.8) is 0 Å². The number of hydrogen-bond acceptors (Lipinski definition) is 5. The molecular formula is C17H24F2N2O3S. The van der Waals surface area contributed by atoms with Gasteiger partial charge in [-0.3, -0.25) is 4.90 Å². The number of para-hydroxylation sites is 1. The van der Waals surface area contributed by atoms with Crippen LogP contribution in [0.3, 0.4) is 0 Å². The molecule has 2 aliphatic heterocycles. The predicted octanol–water partition coefficient (Wildman–Crippen LogP) is 2.23. The molecule has 0 radical (unpaired) electrons. The molecule has 1 aromatic rings. The first kappa shape index (κ1) is 18.5. The summed E-state index contributed by atoms with van der Waals surface area (Å²) < 4.78 is 55.4. The van der Waals surface area contributed by atoms with E-state index in [4.69, 9.17) is 4.74 Å². The molecule has 25 heavy (non-hydrogen) atoms. The largest absolute Gasteiger partial charge is 0.379 e. The van der Waals surface area contributed by atoms with E-state index in [1.54, 1.807) is 12.1 Å². The van der Waals surface area contributed by atoms with Gasteiger partial charge in [0.25, 0.3) is 0 Å². The van der Waals surface area contributed by atoms with Crippen molar-refractivity contribution in [2.24, 2.45) is 5.92 Å². The number of benzene rings is 1. The average Bonchev–Trinajstić information content (AvgIpc) is 2.63. The molecule has 0 unspecified atom stereocenters. The van der Waals surface area contributed by atoms with Gasteiger partial charge in [0, 0.05) is 32.7 Å². The summed E-state index contributed by atoms with van der Waals surface area (Å²) in [6.45, 7) is 5.61. The minimum absolute atomic E-state index is 0.267. The number of rotatable bonds is 5. The number of ether oxygens (including phenoxy) is 1. The van der Waals surface area contributed by atoms with Gasteiger partial charge in [0.05, 0.1) is 23.8 Å². The summed E-state index contributed by atoms with van der Waals surface area (Å²) in [7, 11) is -4.60. The number of morpholine rings is 1. The van der Waals surface area contributed by atoms with E-state index in [9.17, 15) is 17.2 Å². The minimum Gasteiger partial charge on any atom is -0.379 e. The topological polar surface area (TPSA) is 49.9 Å². The van der Waals surface area contributed by atoms with Crippen LogP contribution in [0.2, 0.25) is 0 Å². The Kier molecular flexibility index (Phi) is 5.91. The Morgan fingerprint density at radius 3 is 2.60 bits per heavy atom. The van der Waals surface area contributed by atoms with Crippen LogP contribution < -0.4 is 4.90 Å². The highest BCUT2D eigenvalue weighted by Gasteiger charge is 2.32. The molecule has 0 amide bonds. The van der Waals surface area contributed by atoms with Crippen molar-refractivity contribution in [1.29, 1.82) is 0 Å². The number of anilines is 1. The summed E-state index contributed by atoms with van der Waals surface area (Å²) >= 11 is 0. The molecule has 1 atom stereocenters. The molecule has 0 spiro atoms. The van der Waals surface area contributed by atoms with Gasteiger partial charge in [-0.15, -0.1) is 0 Å². The van der Waals surface area contributed by atoms with Crippen molar-refractivity contribution in [3.8, 4) is 0 Å². The van der Waals surface area contributed by atoms with Gasteiger partial charge in [-0.2, -0.15) is 8.78 Å². The zero-order valence-electron chi connectivity index (χ0n) is 14.1. The molecular weight excluding hydrogens is 350 g/mol. The second-order valence-electron chi connectivity index (χ2n) is 6.64. The zero-order chi connectivity index (χ0) is 17.9. The minimum atomic E-state index is -4.60. The van der Waals surface area contributed by atoms with Crippen molar-refractivity contribution in [1.82, 2.24) is 4.90 Å². The number of nitrogens with zero attached hydrogens (tertiary/aromatic N) is 2. The van der Waals surface area contributed by atoms with Gasteiger partial charge < -0.3 is 9.64 Å².